The predicted octanol–water partition coefficient (Wildman–Crippen LogP) is 4.76. The molecule has 1 N–H and O–H groups in total. The molecular weight excluding hydrogens is 311 g/mol. The van der Waals surface area contributed by atoms with Gasteiger partial charge in [-0.05, 0) is 36.1 Å². The van der Waals surface area contributed by atoms with E-state index < -0.39 is 11.9 Å². The Morgan fingerprint density at radius 3 is 2.77 bits per heavy atom. The fraction of sp³-hybridized carbons (Fsp3) is 0.200. The molecule has 0 atom stereocenters. The van der Waals surface area contributed by atoms with Crippen molar-refractivity contribution in [2.24, 2.45) is 0 Å². The van der Waals surface area contributed by atoms with Crippen molar-refractivity contribution in [2.75, 3.05) is 5.75 Å². The number of nitrogens with one attached hydrogen (secondary N) is 1. The van der Waals surface area contributed by atoms with E-state index in [2.05, 4.69) is 15.0 Å². The lowest BCUT2D eigenvalue weighted by Crippen LogP contribution is -2.07. The second-order valence-electron chi connectivity index (χ2n) is 4.60. The highest BCUT2D eigenvalue weighted by atomic mass is 32.2. The van der Waals surface area contributed by atoms with Gasteiger partial charge in [-0.2, -0.15) is 13.2 Å². The minimum absolute atomic E-state index is 0.211. The molecule has 0 aliphatic heterocycles. The molecule has 0 amide bonds. The zero-order valence-electron chi connectivity index (χ0n) is 11.6. The van der Waals surface area contributed by atoms with Gasteiger partial charge in [0, 0.05) is 16.5 Å². The van der Waals surface area contributed by atoms with Crippen LogP contribution in [0.1, 0.15) is 12.6 Å². The van der Waals surface area contributed by atoms with Gasteiger partial charge in [0.2, 0.25) is 0 Å². The second kappa shape index (κ2) is 5.64. The van der Waals surface area contributed by atoms with Crippen LogP contribution >= 0.6 is 11.8 Å². The van der Waals surface area contributed by atoms with Crippen LogP contribution < -0.4 is 0 Å². The monoisotopic (exact) mass is 323 g/mol. The van der Waals surface area contributed by atoms with Gasteiger partial charge in [-0.3, -0.25) is 4.98 Å². The molecule has 0 fully saturated rings. The molecule has 3 nitrogen and oxygen atoms in total. The minimum atomic E-state index is -4.45. The molecule has 7 heteroatoms. The predicted molar refractivity (Wildman–Crippen MR) is 80.7 cm³/mol. The van der Waals surface area contributed by atoms with Crippen molar-refractivity contribution in [1.29, 1.82) is 0 Å². The third-order valence-electron chi connectivity index (χ3n) is 3.10. The van der Waals surface area contributed by atoms with Gasteiger partial charge in [0.25, 0.3) is 0 Å². The average molecular weight is 323 g/mol. The second-order valence-corrected chi connectivity index (χ2v) is 5.90. The van der Waals surface area contributed by atoms with Gasteiger partial charge in [0.05, 0.1) is 5.69 Å². The lowest BCUT2D eigenvalue weighted by molar-refractivity contribution is -0.141. The SMILES string of the molecule is CCSc1cccnc1-c1cc2ccc(C(F)(F)F)nc2[nH]1. The molecule has 0 aliphatic carbocycles. The molecular formula is C15H12F3N3S. The fourth-order valence-electron chi connectivity index (χ4n) is 2.16. The number of aromatic nitrogens is 3. The van der Waals surface area contributed by atoms with E-state index in [9.17, 15) is 13.2 Å². The zero-order valence-corrected chi connectivity index (χ0v) is 12.4. The molecule has 0 saturated carbocycles. The van der Waals surface area contributed by atoms with Crippen LogP contribution in [-0.4, -0.2) is 20.7 Å². The number of pyridine rings is 2. The molecule has 0 saturated heterocycles. The van der Waals surface area contributed by atoms with Crippen molar-refractivity contribution in [3.63, 3.8) is 0 Å². The van der Waals surface area contributed by atoms with Crippen molar-refractivity contribution < 1.29 is 13.2 Å². The van der Waals surface area contributed by atoms with Crippen LogP contribution in [0.2, 0.25) is 0 Å². The maximum atomic E-state index is 12.7. The standard InChI is InChI=1S/C15H12F3N3S/c1-2-22-11-4-3-7-19-13(11)10-8-9-5-6-12(15(16,17)18)21-14(9)20-10/h3-8H,2H2,1H3,(H,20,21). The minimum Gasteiger partial charge on any atom is -0.338 e. The van der Waals surface area contributed by atoms with Gasteiger partial charge in [-0.15, -0.1) is 11.8 Å². The van der Waals surface area contributed by atoms with E-state index in [0.29, 0.717) is 11.1 Å². The summed E-state index contributed by atoms with van der Waals surface area (Å²) in [6.45, 7) is 2.03. The Hall–Kier alpha value is -2.02. The van der Waals surface area contributed by atoms with Crippen molar-refractivity contribution in [3.05, 3.63) is 42.2 Å². The van der Waals surface area contributed by atoms with Crippen LogP contribution in [-0.2, 0) is 6.18 Å². The Morgan fingerprint density at radius 1 is 1.23 bits per heavy atom. The number of thioether (sulfide) groups is 1. The number of H-pyrrole nitrogens is 1. The molecule has 3 aromatic rings. The van der Waals surface area contributed by atoms with E-state index in [1.54, 1.807) is 24.0 Å². The number of halogens is 3. The molecule has 0 radical (unpaired) electrons. The van der Waals surface area contributed by atoms with Gasteiger partial charge in [-0.25, -0.2) is 4.98 Å². The Kier molecular flexibility index (Phi) is 3.82. The number of nitrogens with zero attached hydrogens (tertiary/aromatic N) is 2. The Balaban J connectivity index is 2.09. The quantitative estimate of drug-likeness (QED) is 0.707. The number of aromatic amines is 1. The molecule has 0 spiro atoms. The van der Waals surface area contributed by atoms with Crippen LogP contribution in [0.4, 0.5) is 13.2 Å². The number of rotatable bonds is 3. The summed E-state index contributed by atoms with van der Waals surface area (Å²) in [5.74, 6) is 0.884. The fourth-order valence-corrected chi connectivity index (χ4v) is 2.94. The van der Waals surface area contributed by atoms with Crippen LogP contribution in [0.15, 0.2) is 41.4 Å². The Labute approximate surface area is 129 Å². The summed E-state index contributed by atoms with van der Waals surface area (Å²) in [5.41, 5.74) is 0.694. The van der Waals surface area contributed by atoms with E-state index in [1.165, 1.54) is 6.07 Å². The van der Waals surface area contributed by atoms with E-state index in [-0.39, 0.29) is 5.65 Å². The van der Waals surface area contributed by atoms with Gasteiger partial charge >= 0.3 is 6.18 Å². The molecule has 3 aromatic heterocycles. The number of hydrogen-bond donors (Lipinski definition) is 1. The third-order valence-corrected chi connectivity index (χ3v) is 4.02. The maximum Gasteiger partial charge on any atom is 0.433 e. The lowest BCUT2D eigenvalue weighted by atomic mass is 10.2. The Morgan fingerprint density at radius 2 is 2.05 bits per heavy atom. The summed E-state index contributed by atoms with van der Waals surface area (Å²) in [4.78, 5) is 11.9. The molecule has 0 unspecified atom stereocenters. The lowest BCUT2D eigenvalue weighted by Gasteiger charge is -2.05. The van der Waals surface area contributed by atoms with Gasteiger partial charge in [0.1, 0.15) is 17.0 Å². The summed E-state index contributed by atoms with van der Waals surface area (Å²) >= 11 is 1.63. The zero-order chi connectivity index (χ0) is 15.7. The molecule has 3 rings (SSSR count). The normalized spacial score (nSPS) is 12.0. The van der Waals surface area contributed by atoms with Crippen LogP contribution in [0.25, 0.3) is 22.4 Å². The molecule has 0 aliphatic rings. The number of fused-ring (bicyclic) bond motifs is 1. The van der Waals surface area contributed by atoms with Gasteiger partial charge in [-0.1, -0.05) is 6.92 Å². The molecule has 114 valence electrons. The van der Waals surface area contributed by atoms with Crippen molar-refractivity contribution >= 4 is 22.8 Å². The van der Waals surface area contributed by atoms with Crippen molar-refractivity contribution in [3.8, 4) is 11.4 Å². The van der Waals surface area contributed by atoms with Crippen molar-refractivity contribution in [2.45, 2.75) is 18.0 Å². The topological polar surface area (TPSA) is 41.6 Å². The van der Waals surface area contributed by atoms with E-state index >= 15 is 0 Å². The van der Waals surface area contributed by atoms with Crippen LogP contribution in [0, 0.1) is 0 Å². The third kappa shape index (κ3) is 2.81. The maximum absolute atomic E-state index is 12.7. The van der Waals surface area contributed by atoms with E-state index in [1.807, 2.05) is 19.1 Å². The summed E-state index contributed by atoms with van der Waals surface area (Å²) < 4.78 is 38.2. The van der Waals surface area contributed by atoms with E-state index in [0.717, 1.165) is 22.4 Å². The highest BCUT2D eigenvalue weighted by Gasteiger charge is 2.32. The molecule has 22 heavy (non-hydrogen) atoms. The summed E-state index contributed by atoms with van der Waals surface area (Å²) in [7, 11) is 0. The van der Waals surface area contributed by atoms with Crippen molar-refractivity contribution in [1.82, 2.24) is 15.0 Å². The smallest absolute Gasteiger partial charge is 0.338 e. The first-order chi connectivity index (χ1) is 10.5. The molecule has 0 aromatic carbocycles. The highest BCUT2D eigenvalue weighted by molar-refractivity contribution is 7.99. The average Bonchev–Trinajstić information content (AvgIpc) is 2.90. The first-order valence-electron chi connectivity index (χ1n) is 6.64. The van der Waals surface area contributed by atoms with Gasteiger partial charge < -0.3 is 4.98 Å². The molecule has 0 bridgehead atoms. The number of alkyl halides is 3. The summed E-state index contributed by atoms with van der Waals surface area (Å²) in [6.07, 6.45) is -2.79. The van der Waals surface area contributed by atoms with E-state index in [4.69, 9.17) is 0 Å². The highest BCUT2D eigenvalue weighted by Crippen LogP contribution is 2.32. The van der Waals surface area contributed by atoms with Gasteiger partial charge in [0.15, 0.2) is 0 Å². The molecule has 3 heterocycles. The van der Waals surface area contributed by atoms with Crippen LogP contribution in [0.5, 0.6) is 0 Å². The number of hydrogen-bond acceptors (Lipinski definition) is 3. The Bertz CT molecular complexity index is 811. The largest absolute Gasteiger partial charge is 0.433 e. The van der Waals surface area contributed by atoms with Crippen LogP contribution in [0.3, 0.4) is 0 Å². The first-order valence-corrected chi connectivity index (χ1v) is 7.62. The first kappa shape index (κ1) is 14.9. The summed E-state index contributed by atoms with van der Waals surface area (Å²) in [6, 6.07) is 7.95. The summed E-state index contributed by atoms with van der Waals surface area (Å²) in [5, 5.41) is 0.626.